The first-order chi connectivity index (χ1) is 12.7. The van der Waals surface area contributed by atoms with Crippen LogP contribution in [0.3, 0.4) is 0 Å². The molecule has 0 aromatic heterocycles. The predicted octanol–water partition coefficient (Wildman–Crippen LogP) is 3.91. The second-order valence-electron chi connectivity index (χ2n) is 7.86. The Balaban J connectivity index is 2.04. The van der Waals surface area contributed by atoms with Crippen LogP contribution in [0.5, 0.6) is 0 Å². The molecule has 2 atom stereocenters. The molecule has 1 aromatic carbocycles. The monoisotopic (exact) mass is 375 g/mol. The molecule has 1 aliphatic rings. The molecular weight excluding hydrogens is 346 g/mol. The van der Waals surface area contributed by atoms with Gasteiger partial charge >= 0.3 is 12.1 Å². The van der Waals surface area contributed by atoms with Crippen LogP contribution in [-0.2, 0) is 25.6 Å². The minimum absolute atomic E-state index is 0.0171. The molecule has 2 rings (SSSR count). The third kappa shape index (κ3) is 6.62. The molecule has 1 saturated heterocycles. The van der Waals surface area contributed by atoms with Crippen LogP contribution in [0.15, 0.2) is 42.7 Å². The fourth-order valence-electron chi connectivity index (χ4n) is 2.87. The third-order valence-corrected chi connectivity index (χ3v) is 4.08. The number of benzene rings is 1. The molecule has 1 amide bonds. The van der Waals surface area contributed by atoms with E-state index in [9.17, 15) is 9.59 Å². The summed E-state index contributed by atoms with van der Waals surface area (Å²) in [6, 6.07) is 8.77. The van der Waals surface area contributed by atoms with Gasteiger partial charge in [0.2, 0.25) is 0 Å². The Morgan fingerprint density at radius 3 is 2.44 bits per heavy atom. The maximum atomic E-state index is 12.7. The van der Waals surface area contributed by atoms with E-state index in [2.05, 4.69) is 6.58 Å². The predicted molar refractivity (Wildman–Crippen MR) is 102 cm³/mol. The molecule has 1 aromatic rings. The van der Waals surface area contributed by atoms with E-state index in [0.717, 1.165) is 5.56 Å². The highest BCUT2D eigenvalue weighted by Crippen LogP contribution is 2.27. The number of hydrogen-bond acceptors (Lipinski definition) is 5. The molecule has 27 heavy (non-hydrogen) atoms. The minimum Gasteiger partial charge on any atom is -0.498 e. The van der Waals surface area contributed by atoms with Gasteiger partial charge in [0.25, 0.3) is 0 Å². The molecule has 148 valence electrons. The van der Waals surface area contributed by atoms with Crippen LogP contribution in [0, 0.1) is 5.92 Å². The molecule has 0 N–H and O–H groups in total. The van der Waals surface area contributed by atoms with Crippen LogP contribution in [0.2, 0.25) is 0 Å². The SMILES string of the molecule is C=C(C)OCC1C[C@@H](C(=O)OCc2ccccc2)N(C(=O)OC(C)(C)C)C1. The number of amides is 1. The molecule has 0 aliphatic carbocycles. The van der Waals surface area contributed by atoms with E-state index in [0.29, 0.717) is 25.3 Å². The molecule has 6 nitrogen and oxygen atoms in total. The topological polar surface area (TPSA) is 65.1 Å². The van der Waals surface area contributed by atoms with E-state index in [1.54, 1.807) is 27.7 Å². The van der Waals surface area contributed by atoms with Crippen molar-refractivity contribution in [1.82, 2.24) is 4.90 Å². The fraction of sp³-hybridized carbons (Fsp3) is 0.524. The minimum atomic E-state index is -0.678. The van der Waals surface area contributed by atoms with Crippen molar-refractivity contribution in [3.8, 4) is 0 Å². The van der Waals surface area contributed by atoms with Crippen LogP contribution >= 0.6 is 0 Å². The standard InChI is InChI=1S/C21H29NO5/c1-15(2)25-14-17-11-18(22(12-17)20(24)27-21(3,4)5)19(23)26-13-16-9-7-6-8-10-16/h6-10,17-18H,1,11-14H2,2-5H3/t17?,18-/m0/s1. The number of esters is 1. The zero-order chi connectivity index (χ0) is 20.0. The van der Waals surface area contributed by atoms with Crippen LogP contribution < -0.4 is 0 Å². The molecular formula is C21H29NO5. The fourth-order valence-corrected chi connectivity index (χ4v) is 2.87. The van der Waals surface area contributed by atoms with Crippen LogP contribution in [0.25, 0.3) is 0 Å². The van der Waals surface area contributed by atoms with Crippen molar-refractivity contribution in [2.24, 2.45) is 5.92 Å². The lowest BCUT2D eigenvalue weighted by Gasteiger charge is -2.27. The number of likely N-dealkylation sites (tertiary alicyclic amines) is 1. The van der Waals surface area contributed by atoms with E-state index in [-0.39, 0.29) is 12.5 Å². The average molecular weight is 375 g/mol. The Bertz CT molecular complexity index is 665. The molecule has 1 heterocycles. The number of hydrogen-bond donors (Lipinski definition) is 0. The average Bonchev–Trinajstić information content (AvgIpc) is 3.02. The Kier molecular flexibility index (Phi) is 6.88. The number of carbonyl (C=O) groups excluding carboxylic acids is 2. The highest BCUT2D eigenvalue weighted by atomic mass is 16.6. The summed E-state index contributed by atoms with van der Waals surface area (Å²) in [5.41, 5.74) is 0.261. The molecule has 0 spiro atoms. The first kappa shape index (κ1) is 20.8. The smallest absolute Gasteiger partial charge is 0.411 e. The lowest BCUT2D eigenvalue weighted by molar-refractivity contribution is -0.150. The Morgan fingerprint density at radius 2 is 1.85 bits per heavy atom. The lowest BCUT2D eigenvalue weighted by atomic mass is 10.1. The van der Waals surface area contributed by atoms with E-state index in [4.69, 9.17) is 14.2 Å². The van der Waals surface area contributed by atoms with Crippen molar-refractivity contribution < 1.29 is 23.8 Å². The zero-order valence-electron chi connectivity index (χ0n) is 16.6. The van der Waals surface area contributed by atoms with Crippen molar-refractivity contribution in [2.45, 2.75) is 52.4 Å². The van der Waals surface area contributed by atoms with Crippen molar-refractivity contribution >= 4 is 12.1 Å². The molecule has 0 bridgehead atoms. The molecule has 1 fully saturated rings. The summed E-state index contributed by atoms with van der Waals surface area (Å²) < 4.78 is 16.4. The molecule has 1 aliphatic heterocycles. The summed E-state index contributed by atoms with van der Waals surface area (Å²) in [7, 11) is 0. The van der Waals surface area contributed by atoms with Crippen LogP contribution in [0.4, 0.5) is 4.79 Å². The maximum Gasteiger partial charge on any atom is 0.411 e. The summed E-state index contributed by atoms with van der Waals surface area (Å²) in [4.78, 5) is 26.7. The largest absolute Gasteiger partial charge is 0.498 e. The van der Waals surface area contributed by atoms with Gasteiger partial charge in [-0.2, -0.15) is 0 Å². The summed E-state index contributed by atoms with van der Waals surface area (Å²) in [5, 5.41) is 0. The lowest BCUT2D eigenvalue weighted by Crippen LogP contribution is -2.44. The van der Waals surface area contributed by atoms with Crippen LogP contribution in [-0.4, -0.2) is 41.8 Å². The normalized spacial score (nSPS) is 19.5. The van der Waals surface area contributed by atoms with Crippen LogP contribution in [0.1, 0.15) is 39.7 Å². The second-order valence-corrected chi connectivity index (χ2v) is 7.86. The van der Waals surface area contributed by atoms with Gasteiger partial charge in [-0.05, 0) is 39.7 Å². The van der Waals surface area contributed by atoms with Gasteiger partial charge in [-0.1, -0.05) is 36.9 Å². The van der Waals surface area contributed by atoms with E-state index < -0.39 is 23.7 Å². The number of allylic oxidation sites excluding steroid dienone is 1. The summed E-state index contributed by atoms with van der Waals surface area (Å²) in [6.07, 6.45) is -0.0397. The molecule has 6 heteroatoms. The van der Waals surface area contributed by atoms with Gasteiger partial charge in [-0.3, -0.25) is 4.90 Å². The number of ether oxygens (including phenoxy) is 3. The number of carbonyl (C=O) groups is 2. The van der Waals surface area contributed by atoms with Gasteiger partial charge in [0.1, 0.15) is 18.2 Å². The summed E-state index contributed by atoms with van der Waals surface area (Å²) in [6.45, 7) is 11.8. The quantitative estimate of drug-likeness (QED) is 0.557. The Labute approximate surface area is 161 Å². The Morgan fingerprint density at radius 1 is 1.19 bits per heavy atom. The highest BCUT2D eigenvalue weighted by Gasteiger charge is 2.42. The van der Waals surface area contributed by atoms with Crippen molar-refractivity contribution in [1.29, 1.82) is 0 Å². The van der Waals surface area contributed by atoms with Crippen molar-refractivity contribution in [3.05, 3.63) is 48.2 Å². The van der Waals surface area contributed by atoms with Crippen molar-refractivity contribution in [3.63, 3.8) is 0 Å². The van der Waals surface area contributed by atoms with Gasteiger partial charge in [-0.15, -0.1) is 0 Å². The van der Waals surface area contributed by atoms with E-state index >= 15 is 0 Å². The van der Waals surface area contributed by atoms with Gasteiger partial charge in [0, 0.05) is 12.5 Å². The number of nitrogens with zero attached hydrogens (tertiary/aromatic N) is 1. The molecule has 0 radical (unpaired) electrons. The van der Waals surface area contributed by atoms with Gasteiger partial charge in [-0.25, -0.2) is 9.59 Å². The zero-order valence-corrected chi connectivity index (χ0v) is 16.6. The molecule has 0 saturated carbocycles. The van der Waals surface area contributed by atoms with Gasteiger partial charge in [0.15, 0.2) is 0 Å². The first-order valence-corrected chi connectivity index (χ1v) is 9.14. The maximum absolute atomic E-state index is 12.7. The summed E-state index contributed by atoms with van der Waals surface area (Å²) >= 11 is 0. The van der Waals surface area contributed by atoms with E-state index in [1.807, 2.05) is 30.3 Å². The first-order valence-electron chi connectivity index (χ1n) is 9.14. The van der Waals surface area contributed by atoms with Gasteiger partial charge in [0.05, 0.1) is 12.4 Å². The van der Waals surface area contributed by atoms with Crippen molar-refractivity contribution in [2.75, 3.05) is 13.2 Å². The third-order valence-electron chi connectivity index (χ3n) is 4.08. The summed E-state index contributed by atoms with van der Waals surface area (Å²) in [5.74, 6) is 0.194. The molecule has 1 unspecified atom stereocenters. The Hall–Kier alpha value is -2.50. The highest BCUT2D eigenvalue weighted by molar-refractivity contribution is 5.82. The van der Waals surface area contributed by atoms with Gasteiger partial charge < -0.3 is 14.2 Å². The number of rotatable bonds is 6. The van der Waals surface area contributed by atoms with E-state index in [1.165, 1.54) is 4.90 Å². The second kappa shape index (κ2) is 8.93.